The van der Waals surface area contributed by atoms with Gasteiger partial charge in [-0.25, -0.2) is 9.18 Å². The highest BCUT2D eigenvalue weighted by atomic mass is 19.1. The van der Waals surface area contributed by atoms with Crippen LogP contribution < -0.4 is 11.2 Å². The van der Waals surface area contributed by atoms with Crippen LogP contribution in [0.3, 0.4) is 0 Å². The minimum atomic E-state index is -1.45. The fourth-order valence-electron chi connectivity index (χ4n) is 2.87. The highest BCUT2D eigenvalue weighted by Crippen LogP contribution is 2.46. The van der Waals surface area contributed by atoms with E-state index in [-0.39, 0.29) is 0 Å². The van der Waals surface area contributed by atoms with Crippen LogP contribution in [0.25, 0.3) is 0 Å². The second-order valence-corrected chi connectivity index (χ2v) is 5.16. The Kier molecular flexibility index (Phi) is 3.82. The molecule has 20 heavy (non-hydrogen) atoms. The number of aromatic amines is 1. The van der Waals surface area contributed by atoms with Crippen LogP contribution in [0.2, 0.25) is 0 Å². The maximum atomic E-state index is 14.4. The standard InChI is InChI=1S/C13H18F2N2O3/c1-4-13(5-2)7(3)9(15)11(20-13)17-6-8(14)10(18)16-12(17)19/h6-7,9,11H,4-5H2,1-3H3,(H,16,18,19)/t7-,9-,11+/m0/s1. The van der Waals surface area contributed by atoms with Crippen LogP contribution in [0.15, 0.2) is 15.8 Å². The molecule has 3 atom stereocenters. The molecule has 2 heterocycles. The van der Waals surface area contributed by atoms with Gasteiger partial charge in [-0.05, 0) is 12.8 Å². The number of rotatable bonds is 3. The van der Waals surface area contributed by atoms with Gasteiger partial charge < -0.3 is 4.74 Å². The fourth-order valence-corrected chi connectivity index (χ4v) is 2.87. The first-order valence-corrected chi connectivity index (χ1v) is 6.69. The van der Waals surface area contributed by atoms with E-state index in [1.54, 1.807) is 6.92 Å². The molecule has 1 N–H and O–H groups in total. The minimum absolute atomic E-state index is 0.426. The van der Waals surface area contributed by atoms with Gasteiger partial charge in [0, 0.05) is 5.92 Å². The van der Waals surface area contributed by atoms with Crippen molar-refractivity contribution in [2.75, 3.05) is 0 Å². The summed E-state index contributed by atoms with van der Waals surface area (Å²) in [6, 6.07) is 0. The van der Waals surface area contributed by atoms with Crippen molar-refractivity contribution >= 4 is 0 Å². The predicted octanol–water partition coefficient (Wildman–Crippen LogP) is 1.74. The van der Waals surface area contributed by atoms with Gasteiger partial charge >= 0.3 is 5.69 Å². The maximum Gasteiger partial charge on any atom is 0.330 e. The Balaban J connectivity index is 2.47. The Hall–Kier alpha value is -1.50. The molecule has 0 radical (unpaired) electrons. The largest absolute Gasteiger partial charge is 0.348 e. The van der Waals surface area contributed by atoms with Gasteiger partial charge in [0.25, 0.3) is 5.56 Å². The van der Waals surface area contributed by atoms with Crippen LogP contribution >= 0.6 is 0 Å². The van der Waals surface area contributed by atoms with Crippen LogP contribution in [-0.4, -0.2) is 21.3 Å². The van der Waals surface area contributed by atoms with E-state index in [0.717, 1.165) is 4.57 Å². The van der Waals surface area contributed by atoms with Crippen molar-refractivity contribution in [2.45, 2.75) is 51.6 Å². The van der Waals surface area contributed by atoms with Gasteiger partial charge in [-0.3, -0.25) is 14.3 Å². The van der Waals surface area contributed by atoms with Gasteiger partial charge in [0.15, 0.2) is 12.4 Å². The molecular formula is C13H18F2N2O3. The number of aromatic nitrogens is 2. The zero-order valence-electron chi connectivity index (χ0n) is 11.7. The van der Waals surface area contributed by atoms with Crippen molar-refractivity contribution in [1.82, 2.24) is 9.55 Å². The third-order valence-corrected chi connectivity index (χ3v) is 4.33. The first-order valence-electron chi connectivity index (χ1n) is 6.69. The third kappa shape index (κ3) is 2.09. The Bertz CT molecular complexity index is 606. The van der Waals surface area contributed by atoms with Gasteiger partial charge in [-0.1, -0.05) is 20.8 Å². The number of halogens is 2. The summed E-state index contributed by atoms with van der Waals surface area (Å²) in [5, 5.41) is 0. The molecule has 0 spiro atoms. The Morgan fingerprint density at radius 3 is 2.50 bits per heavy atom. The van der Waals surface area contributed by atoms with E-state index < -0.39 is 41.0 Å². The molecule has 0 amide bonds. The molecule has 0 bridgehead atoms. The molecule has 112 valence electrons. The first kappa shape index (κ1) is 14.9. The summed E-state index contributed by atoms with van der Waals surface area (Å²) in [7, 11) is 0. The second-order valence-electron chi connectivity index (χ2n) is 5.16. The number of nitrogens with one attached hydrogen (secondary N) is 1. The number of alkyl halides is 1. The Morgan fingerprint density at radius 1 is 1.40 bits per heavy atom. The quantitative estimate of drug-likeness (QED) is 0.921. The summed E-state index contributed by atoms with van der Waals surface area (Å²) in [5.41, 5.74) is -2.68. The number of ether oxygens (including phenoxy) is 1. The van der Waals surface area contributed by atoms with Gasteiger partial charge in [0.2, 0.25) is 5.82 Å². The second kappa shape index (κ2) is 5.12. The van der Waals surface area contributed by atoms with Crippen LogP contribution in [0, 0.1) is 11.7 Å². The minimum Gasteiger partial charge on any atom is -0.348 e. The van der Waals surface area contributed by atoms with E-state index in [1.807, 2.05) is 18.8 Å². The van der Waals surface area contributed by atoms with Crippen molar-refractivity contribution in [3.8, 4) is 0 Å². The van der Waals surface area contributed by atoms with E-state index in [0.29, 0.717) is 19.0 Å². The molecule has 0 aliphatic carbocycles. The molecule has 1 aliphatic heterocycles. The Labute approximate surface area is 114 Å². The van der Waals surface area contributed by atoms with Crippen LogP contribution in [-0.2, 0) is 4.74 Å². The lowest BCUT2D eigenvalue weighted by molar-refractivity contribution is -0.0939. The fraction of sp³-hybridized carbons (Fsp3) is 0.692. The van der Waals surface area contributed by atoms with E-state index in [9.17, 15) is 18.4 Å². The van der Waals surface area contributed by atoms with Crippen molar-refractivity contribution in [1.29, 1.82) is 0 Å². The highest BCUT2D eigenvalue weighted by molar-refractivity contribution is 4.99. The van der Waals surface area contributed by atoms with Crippen molar-refractivity contribution in [2.24, 2.45) is 5.92 Å². The summed E-state index contributed by atoms with van der Waals surface area (Å²) in [4.78, 5) is 24.5. The molecule has 1 aliphatic rings. The molecule has 2 rings (SSSR count). The zero-order chi connectivity index (χ0) is 15.1. The molecule has 0 unspecified atom stereocenters. The average Bonchev–Trinajstić information content (AvgIpc) is 2.68. The Morgan fingerprint density at radius 2 is 2.00 bits per heavy atom. The smallest absolute Gasteiger partial charge is 0.330 e. The van der Waals surface area contributed by atoms with E-state index >= 15 is 0 Å². The number of H-pyrrole nitrogens is 1. The molecule has 0 aromatic carbocycles. The molecule has 1 fully saturated rings. The topological polar surface area (TPSA) is 64.1 Å². The van der Waals surface area contributed by atoms with E-state index in [2.05, 4.69) is 0 Å². The lowest BCUT2D eigenvalue weighted by Gasteiger charge is -2.30. The number of nitrogens with zero attached hydrogens (tertiary/aromatic N) is 1. The molecule has 1 aromatic heterocycles. The third-order valence-electron chi connectivity index (χ3n) is 4.33. The number of hydrogen-bond donors (Lipinski definition) is 1. The summed E-state index contributed by atoms with van der Waals surface area (Å²) < 4.78 is 34.3. The van der Waals surface area contributed by atoms with Crippen molar-refractivity contribution < 1.29 is 13.5 Å². The van der Waals surface area contributed by atoms with Gasteiger partial charge in [0.05, 0.1) is 11.8 Å². The zero-order valence-corrected chi connectivity index (χ0v) is 11.7. The van der Waals surface area contributed by atoms with Crippen molar-refractivity contribution in [3.63, 3.8) is 0 Å². The van der Waals surface area contributed by atoms with Gasteiger partial charge in [-0.2, -0.15) is 4.39 Å². The molecule has 1 saturated heterocycles. The van der Waals surface area contributed by atoms with E-state index in [1.165, 1.54) is 0 Å². The molecular weight excluding hydrogens is 270 g/mol. The normalized spacial score (nSPS) is 28.8. The lowest BCUT2D eigenvalue weighted by atomic mass is 9.83. The first-order chi connectivity index (χ1) is 9.36. The van der Waals surface area contributed by atoms with Crippen LogP contribution in [0.4, 0.5) is 8.78 Å². The summed E-state index contributed by atoms with van der Waals surface area (Å²) in [6.45, 7) is 5.47. The van der Waals surface area contributed by atoms with Crippen molar-refractivity contribution in [3.05, 3.63) is 32.9 Å². The molecule has 0 saturated carbocycles. The average molecular weight is 288 g/mol. The van der Waals surface area contributed by atoms with Gasteiger partial charge in [0.1, 0.15) is 0 Å². The summed E-state index contributed by atoms with van der Waals surface area (Å²) >= 11 is 0. The molecule has 5 nitrogen and oxygen atoms in total. The maximum absolute atomic E-state index is 14.4. The van der Waals surface area contributed by atoms with Gasteiger partial charge in [-0.15, -0.1) is 0 Å². The van der Waals surface area contributed by atoms with Crippen LogP contribution in [0.1, 0.15) is 39.8 Å². The summed E-state index contributed by atoms with van der Waals surface area (Å²) in [5.74, 6) is -1.57. The molecule has 1 aromatic rings. The number of hydrogen-bond acceptors (Lipinski definition) is 3. The SMILES string of the molecule is CCC1(CC)O[C@@H](n2cc(F)c(=O)[nH]c2=O)[C@@H](F)[C@@H]1C. The monoisotopic (exact) mass is 288 g/mol. The lowest BCUT2D eigenvalue weighted by Crippen LogP contribution is -2.36. The predicted molar refractivity (Wildman–Crippen MR) is 68.8 cm³/mol. The van der Waals surface area contributed by atoms with Crippen LogP contribution in [0.5, 0.6) is 0 Å². The summed E-state index contributed by atoms with van der Waals surface area (Å²) in [6.07, 6.45) is -0.793. The van der Waals surface area contributed by atoms with E-state index in [4.69, 9.17) is 4.74 Å². The highest BCUT2D eigenvalue weighted by Gasteiger charge is 2.52. The molecule has 7 heteroatoms.